The van der Waals surface area contributed by atoms with Crippen LogP contribution in [0.25, 0.3) is 0 Å². The fourth-order valence-corrected chi connectivity index (χ4v) is 3.61. The Morgan fingerprint density at radius 2 is 1.79 bits per heavy atom. The summed E-state index contributed by atoms with van der Waals surface area (Å²) in [6.07, 6.45) is 5.73. The Hall–Kier alpha value is -1.84. The van der Waals surface area contributed by atoms with Crippen molar-refractivity contribution in [3.63, 3.8) is 0 Å². The molecular formula is C25H37NO2. The maximum absolute atomic E-state index is 6.24. The fourth-order valence-electron chi connectivity index (χ4n) is 3.61. The smallest absolute Gasteiger partial charge is 0.127 e. The quantitative estimate of drug-likeness (QED) is 0.635. The summed E-state index contributed by atoms with van der Waals surface area (Å²) in [5, 5.41) is 0. The Morgan fingerprint density at radius 1 is 1.07 bits per heavy atom. The molecule has 154 valence electrons. The third-order valence-corrected chi connectivity index (χ3v) is 5.39. The van der Waals surface area contributed by atoms with Crippen LogP contribution in [0, 0.1) is 5.92 Å². The summed E-state index contributed by atoms with van der Waals surface area (Å²) >= 11 is 0. The second kappa shape index (κ2) is 11.9. The van der Waals surface area contributed by atoms with Gasteiger partial charge >= 0.3 is 0 Å². The number of hydrogen-bond donors (Lipinski definition) is 1. The van der Waals surface area contributed by atoms with Gasteiger partial charge in [-0.2, -0.15) is 0 Å². The molecule has 0 saturated heterocycles. The summed E-state index contributed by atoms with van der Waals surface area (Å²) in [5.74, 6) is 1.47. The van der Waals surface area contributed by atoms with Crippen LogP contribution in [-0.4, -0.2) is 19.8 Å². The van der Waals surface area contributed by atoms with Gasteiger partial charge in [-0.05, 0) is 54.5 Å². The molecule has 1 aliphatic carbocycles. The molecule has 0 radical (unpaired) electrons. The van der Waals surface area contributed by atoms with E-state index >= 15 is 0 Å². The third kappa shape index (κ3) is 6.65. The molecule has 3 atom stereocenters. The number of benzene rings is 2. The fraction of sp³-hybridized carbons (Fsp3) is 0.520. The standard InChI is InChI=1S/C19H22O2.C6H15N/c1-14-13-16-5-3-4-6-18(16)19(14)21-17-9-7-15(8-10-17)11-12-20-2;1-3-5-6(7)4-2/h3-10,14,19H,11-13H2,1-2H3;6H,3-5,7H2,1-2H3/t14-,19?;/m1./s1. The predicted octanol–water partition coefficient (Wildman–Crippen LogP) is 5.71. The van der Waals surface area contributed by atoms with Gasteiger partial charge < -0.3 is 15.2 Å². The molecule has 3 nitrogen and oxygen atoms in total. The van der Waals surface area contributed by atoms with Gasteiger partial charge in [-0.15, -0.1) is 0 Å². The second-order valence-electron chi connectivity index (χ2n) is 7.76. The van der Waals surface area contributed by atoms with E-state index in [9.17, 15) is 0 Å². The van der Waals surface area contributed by atoms with Crippen molar-refractivity contribution in [3.05, 3.63) is 65.2 Å². The van der Waals surface area contributed by atoms with Crippen molar-refractivity contribution in [1.29, 1.82) is 0 Å². The Bertz CT molecular complexity index is 683. The minimum Gasteiger partial charge on any atom is -0.485 e. The summed E-state index contributed by atoms with van der Waals surface area (Å²) in [7, 11) is 1.73. The third-order valence-electron chi connectivity index (χ3n) is 5.39. The van der Waals surface area contributed by atoms with Crippen molar-refractivity contribution in [3.8, 4) is 5.75 Å². The van der Waals surface area contributed by atoms with Crippen molar-refractivity contribution in [2.75, 3.05) is 13.7 Å². The van der Waals surface area contributed by atoms with E-state index in [0.717, 1.165) is 31.6 Å². The van der Waals surface area contributed by atoms with Gasteiger partial charge in [-0.3, -0.25) is 0 Å². The summed E-state index contributed by atoms with van der Waals surface area (Å²) in [5.41, 5.74) is 9.63. The van der Waals surface area contributed by atoms with Crippen LogP contribution in [0.4, 0.5) is 0 Å². The van der Waals surface area contributed by atoms with Gasteiger partial charge in [0.2, 0.25) is 0 Å². The predicted molar refractivity (Wildman–Crippen MR) is 118 cm³/mol. The Labute approximate surface area is 171 Å². The van der Waals surface area contributed by atoms with Crippen LogP contribution in [0.2, 0.25) is 0 Å². The number of fused-ring (bicyclic) bond motifs is 1. The number of methoxy groups -OCH3 is 1. The molecule has 3 rings (SSSR count). The zero-order valence-corrected chi connectivity index (χ0v) is 18.0. The lowest BCUT2D eigenvalue weighted by molar-refractivity contribution is 0.159. The van der Waals surface area contributed by atoms with Gasteiger partial charge in [0.25, 0.3) is 0 Å². The van der Waals surface area contributed by atoms with Crippen LogP contribution in [0.5, 0.6) is 5.75 Å². The average molecular weight is 384 g/mol. The van der Waals surface area contributed by atoms with E-state index in [1.807, 2.05) is 0 Å². The first-order valence-corrected chi connectivity index (χ1v) is 10.7. The minimum absolute atomic E-state index is 0.172. The molecule has 0 aromatic heterocycles. The summed E-state index contributed by atoms with van der Waals surface area (Å²) < 4.78 is 11.3. The maximum atomic E-state index is 6.24. The van der Waals surface area contributed by atoms with E-state index < -0.39 is 0 Å². The van der Waals surface area contributed by atoms with Gasteiger partial charge in [0, 0.05) is 19.1 Å². The van der Waals surface area contributed by atoms with Crippen molar-refractivity contribution in [2.24, 2.45) is 11.7 Å². The lowest BCUT2D eigenvalue weighted by Crippen LogP contribution is -2.17. The molecule has 0 spiro atoms. The van der Waals surface area contributed by atoms with Crippen LogP contribution in [0.15, 0.2) is 48.5 Å². The highest BCUT2D eigenvalue weighted by atomic mass is 16.5. The van der Waals surface area contributed by atoms with Gasteiger partial charge in [0.1, 0.15) is 11.9 Å². The molecule has 0 amide bonds. The van der Waals surface area contributed by atoms with E-state index in [0.29, 0.717) is 12.0 Å². The monoisotopic (exact) mass is 383 g/mol. The van der Waals surface area contributed by atoms with E-state index in [-0.39, 0.29) is 6.10 Å². The number of ether oxygens (including phenoxy) is 2. The van der Waals surface area contributed by atoms with Gasteiger partial charge in [0.05, 0.1) is 6.61 Å². The first-order valence-electron chi connectivity index (χ1n) is 10.7. The lowest BCUT2D eigenvalue weighted by atomic mass is 10.1. The Balaban J connectivity index is 0.000000345. The molecule has 0 heterocycles. The number of nitrogens with two attached hydrogens (primary N) is 1. The lowest BCUT2D eigenvalue weighted by Gasteiger charge is -2.19. The Kier molecular flexibility index (Phi) is 9.52. The zero-order chi connectivity index (χ0) is 20.4. The van der Waals surface area contributed by atoms with Gasteiger partial charge in [-0.1, -0.05) is 63.6 Å². The van der Waals surface area contributed by atoms with Crippen molar-refractivity contribution < 1.29 is 9.47 Å². The first kappa shape index (κ1) is 22.4. The van der Waals surface area contributed by atoms with E-state index in [1.54, 1.807) is 7.11 Å². The van der Waals surface area contributed by atoms with Crippen LogP contribution < -0.4 is 10.5 Å². The van der Waals surface area contributed by atoms with Crippen LogP contribution in [0.3, 0.4) is 0 Å². The van der Waals surface area contributed by atoms with Crippen LogP contribution >= 0.6 is 0 Å². The molecule has 0 saturated carbocycles. The van der Waals surface area contributed by atoms with Gasteiger partial charge in [0.15, 0.2) is 0 Å². The van der Waals surface area contributed by atoms with Crippen molar-refractivity contribution in [2.45, 2.75) is 65.0 Å². The van der Waals surface area contributed by atoms with Crippen molar-refractivity contribution >= 4 is 0 Å². The largest absolute Gasteiger partial charge is 0.485 e. The number of rotatable bonds is 8. The Morgan fingerprint density at radius 3 is 2.39 bits per heavy atom. The molecule has 28 heavy (non-hydrogen) atoms. The van der Waals surface area contributed by atoms with Gasteiger partial charge in [-0.25, -0.2) is 0 Å². The summed E-state index contributed by atoms with van der Waals surface area (Å²) in [6.45, 7) is 7.31. The molecule has 1 aliphatic rings. The molecule has 2 N–H and O–H groups in total. The van der Waals surface area contributed by atoms with E-state index in [1.165, 1.54) is 29.5 Å². The summed E-state index contributed by atoms with van der Waals surface area (Å²) in [4.78, 5) is 0. The second-order valence-corrected chi connectivity index (χ2v) is 7.76. The average Bonchev–Trinajstić information content (AvgIpc) is 3.03. The molecule has 0 fully saturated rings. The minimum atomic E-state index is 0.172. The van der Waals surface area contributed by atoms with E-state index in [4.69, 9.17) is 15.2 Å². The molecule has 2 aromatic carbocycles. The molecule has 3 heteroatoms. The van der Waals surface area contributed by atoms with Crippen LogP contribution in [-0.2, 0) is 17.6 Å². The van der Waals surface area contributed by atoms with Crippen LogP contribution in [0.1, 0.15) is 62.8 Å². The molecule has 0 bridgehead atoms. The van der Waals surface area contributed by atoms with E-state index in [2.05, 4.69) is 69.3 Å². The number of hydrogen-bond acceptors (Lipinski definition) is 3. The molecule has 2 unspecified atom stereocenters. The normalized spacial score (nSPS) is 18.8. The SMILES string of the molecule is CCCC(N)CC.COCCc1ccc(OC2c3ccccc3C[C@H]2C)cc1. The summed E-state index contributed by atoms with van der Waals surface area (Å²) in [6, 6.07) is 17.4. The maximum Gasteiger partial charge on any atom is 0.127 e. The molecule has 2 aromatic rings. The highest BCUT2D eigenvalue weighted by Gasteiger charge is 2.30. The first-order chi connectivity index (χ1) is 13.6. The zero-order valence-electron chi connectivity index (χ0n) is 18.0. The molecule has 0 aliphatic heterocycles. The molecular weight excluding hydrogens is 346 g/mol. The topological polar surface area (TPSA) is 44.5 Å². The highest BCUT2D eigenvalue weighted by molar-refractivity contribution is 5.36. The highest BCUT2D eigenvalue weighted by Crippen LogP contribution is 2.38. The van der Waals surface area contributed by atoms with Crippen molar-refractivity contribution in [1.82, 2.24) is 0 Å².